The van der Waals surface area contributed by atoms with E-state index in [1.54, 1.807) is 11.3 Å². The van der Waals surface area contributed by atoms with Gasteiger partial charge in [-0.3, -0.25) is 0 Å². The smallest absolute Gasteiger partial charge is 0.110 e. The number of hydrogen-bond acceptors (Lipinski definition) is 3. The van der Waals surface area contributed by atoms with E-state index in [1.807, 2.05) is 0 Å². The van der Waals surface area contributed by atoms with Crippen LogP contribution in [0.25, 0.3) is 11.3 Å². The van der Waals surface area contributed by atoms with E-state index < -0.39 is 0 Å². The summed E-state index contributed by atoms with van der Waals surface area (Å²) in [4.78, 5) is 4.68. The molecule has 102 valence electrons. The predicted octanol–water partition coefficient (Wildman–Crippen LogP) is 4.42. The molecule has 0 spiro atoms. The molecule has 0 bridgehead atoms. The van der Waals surface area contributed by atoms with Crippen LogP contribution in [0.15, 0.2) is 29.6 Å². The van der Waals surface area contributed by atoms with Gasteiger partial charge in [-0.25, -0.2) is 4.98 Å². The van der Waals surface area contributed by atoms with Crippen molar-refractivity contribution in [2.24, 2.45) is 11.7 Å². The maximum Gasteiger partial charge on any atom is 0.110 e. The predicted molar refractivity (Wildman–Crippen MR) is 83.3 cm³/mol. The van der Waals surface area contributed by atoms with Crippen LogP contribution in [0.5, 0.6) is 0 Å². The number of thiazole rings is 1. The summed E-state index contributed by atoms with van der Waals surface area (Å²) >= 11 is 1.67. The second kappa shape index (κ2) is 6.31. The third-order valence-electron chi connectivity index (χ3n) is 3.22. The SMILES string of the molecule is CCc1ccc(-c2csc(C(N)CC(C)C)n2)cc1. The first-order valence-electron chi connectivity index (χ1n) is 6.90. The molecule has 0 aliphatic heterocycles. The molecular formula is C16H22N2S. The Labute approximate surface area is 119 Å². The first kappa shape index (κ1) is 14.2. The average Bonchev–Trinajstić information content (AvgIpc) is 2.88. The summed E-state index contributed by atoms with van der Waals surface area (Å²) in [5.74, 6) is 0.603. The van der Waals surface area contributed by atoms with E-state index in [0.29, 0.717) is 5.92 Å². The average molecular weight is 274 g/mol. The molecule has 3 heteroatoms. The minimum absolute atomic E-state index is 0.0636. The fourth-order valence-electron chi connectivity index (χ4n) is 2.11. The van der Waals surface area contributed by atoms with Gasteiger partial charge >= 0.3 is 0 Å². The van der Waals surface area contributed by atoms with Crippen molar-refractivity contribution in [1.82, 2.24) is 4.98 Å². The van der Waals surface area contributed by atoms with Crippen molar-refractivity contribution in [2.75, 3.05) is 0 Å². The number of rotatable bonds is 5. The third kappa shape index (κ3) is 3.64. The van der Waals surface area contributed by atoms with Crippen LogP contribution < -0.4 is 5.73 Å². The largest absolute Gasteiger partial charge is 0.322 e. The lowest BCUT2D eigenvalue weighted by molar-refractivity contribution is 0.508. The van der Waals surface area contributed by atoms with Gasteiger partial charge in [-0.1, -0.05) is 45.0 Å². The van der Waals surface area contributed by atoms with E-state index in [0.717, 1.165) is 23.5 Å². The Kier molecular flexibility index (Phi) is 4.72. The highest BCUT2D eigenvalue weighted by Crippen LogP contribution is 2.27. The Morgan fingerprint density at radius 2 is 1.89 bits per heavy atom. The van der Waals surface area contributed by atoms with Crippen molar-refractivity contribution in [3.05, 3.63) is 40.2 Å². The van der Waals surface area contributed by atoms with Crippen LogP contribution in [0, 0.1) is 5.92 Å². The quantitative estimate of drug-likeness (QED) is 0.876. The number of hydrogen-bond donors (Lipinski definition) is 1. The number of nitrogens with zero attached hydrogens (tertiary/aromatic N) is 1. The minimum atomic E-state index is 0.0636. The van der Waals surface area contributed by atoms with Gasteiger partial charge in [-0.2, -0.15) is 0 Å². The number of aromatic nitrogens is 1. The lowest BCUT2D eigenvalue weighted by atomic mass is 10.1. The molecule has 1 aromatic carbocycles. The Morgan fingerprint density at radius 1 is 1.21 bits per heavy atom. The Balaban J connectivity index is 2.15. The van der Waals surface area contributed by atoms with Crippen molar-refractivity contribution in [3.8, 4) is 11.3 Å². The van der Waals surface area contributed by atoms with Gasteiger partial charge in [0.15, 0.2) is 0 Å². The maximum absolute atomic E-state index is 6.18. The molecule has 2 aromatic rings. The lowest BCUT2D eigenvalue weighted by Crippen LogP contribution is -2.12. The third-order valence-corrected chi connectivity index (χ3v) is 4.20. The number of aryl methyl sites for hydroxylation is 1. The first-order chi connectivity index (χ1) is 9.10. The van der Waals surface area contributed by atoms with Gasteiger partial charge in [0, 0.05) is 10.9 Å². The molecule has 2 nitrogen and oxygen atoms in total. The zero-order valence-corrected chi connectivity index (χ0v) is 12.7. The van der Waals surface area contributed by atoms with E-state index in [-0.39, 0.29) is 6.04 Å². The molecule has 0 radical (unpaired) electrons. The van der Waals surface area contributed by atoms with Gasteiger partial charge in [0.2, 0.25) is 0 Å². The Morgan fingerprint density at radius 3 is 2.47 bits per heavy atom. The van der Waals surface area contributed by atoms with Gasteiger partial charge in [0.1, 0.15) is 5.01 Å². The fraction of sp³-hybridized carbons (Fsp3) is 0.438. The zero-order chi connectivity index (χ0) is 13.8. The van der Waals surface area contributed by atoms with Crippen LogP contribution in [0.2, 0.25) is 0 Å². The molecule has 1 heterocycles. The Hall–Kier alpha value is -1.19. The topological polar surface area (TPSA) is 38.9 Å². The second-order valence-corrected chi connectivity index (χ2v) is 6.25. The highest BCUT2D eigenvalue weighted by atomic mass is 32.1. The van der Waals surface area contributed by atoms with Crippen LogP contribution in [-0.4, -0.2) is 4.98 Å². The molecule has 0 saturated carbocycles. The minimum Gasteiger partial charge on any atom is -0.322 e. The van der Waals surface area contributed by atoms with Gasteiger partial charge < -0.3 is 5.73 Å². The van der Waals surface area contributed by atoms with Crippen molar-refractivity contribution in [3.63, 3.8) is 0 Å². The molecule has 2 N–H and O–H groups in total. The molecule has 1 aromatic heterocycles. The maximum atomic E-state index is 6.18. The van der Waals surface area contributed by atoms with Gasteiger partial charge in [-0.05, 0) is 24.3 Å². The molecule has 19 heavy (non-hydrogen) atoms. The highest BCUT2D eigenvalue weighted by Gasteiger charge is 2.13. The van der Waals surface area contributed by atoms with E-state index in [4.69, 9.17) is 5.73 Å². The molecule has 1 unspecified atom stereocenters. The monoisotopic (exact) mass is 274 g/mol. The van der Waals surface area contributed by atoms with Gasteiger partial charge in [-0.15, -0.1) is 11.3 Å². The molecule has 0 aliphatic carbocycles. The van der Waals surface area contributed by atoms with Crippen LogP contribution in [0.4, 0.5) is 0 Å². The normalized spacial score (nSPS) is 12.9. The zero-order valence-electron chi connectivity index (χ0n) is 11.9. The van der Waals surface area contributed by atoms with Crippen LogP contribution >= 0.6 is 11.3 Å². The van der Waals surface area contributed by atoms with Crippen LogP contribution in [0.1, 0.15) is 43.8 Å². The molecular weight excluding hydrogens is 252 g/mol. The van der Waals surface area contributed by atoms with E-state index >= 15 is 0 Å². The fourth-order valence-corrected chi connectivity index (χ4v) is 2.95. The summed E-state index contributed by atoms with van der Waals surface area (Å²) in [5.41, 5.74) is 9.76. The second-order valence-electron chi connectivity index (χ2n) is 5.36. The summed E-state index contributed by atoms with van der Waals surface area (Å²) in [7, 11) is 0. The van der Waals surface area contributed by atoms with Crippen molar-refractivity contribution < 1.29 is 0 Å². The standard InChI is InChI=1S/C16H22N2S/c1-4-12-5-7-13(8-6-12)15-10-19-16(18-15)14(17)9-11(2)3/h5-8,10-11,14H,4,9,17H2,1-3H3. The van der Waals surface area contributed by atoms with Gasteiger partial charge in [0.05, 0.1) is 11.7 Å². The molecule has 0 amide bonds. The number of benzene rings is 1. The molecule has 0 saturated heterocycles. The van der Waals surface area contributed by atoms with E-state index in [2.05, 4.69) is 55.4 Å². The Bertz CT molecular complexity index is 514. The lowest BCUT2D eigenvalue weighted by Gasteiger charge is -2.10. The molecule has 0 aliphatic rings. The summed E-state index contributed by atoms with van der Waals surface area (Å²) in [6, 6.07) is 8.69. The van der Waals surface area contributed by atoms with E-state index in [9.17, 15) is 0 Å². The summed E-state index contributed by atoms with van der Waals surface area (Å²) in [6.45, 7) is 6.55. The van der Waals surface area contributed by atoms with Crippen LogP contribution in [-0.2, 0) is 6.42 Å². The molecule has 0 fully saturated rings. The van der Waals surface area contributed by atoms with Gasteiger partial charge in [0.25, 0.3) is 0 Å². The first-order valence-corrected chi connectivity index (χ1v) is 7.78. The van der Waals surface area contributed by atoms with Crippen molar-refractivity contribution in [2.45, 2.75) is 39.7 Å². The molecule has 2 rings (SSSR count). The van der Waals surface area contributed by atoms with Crippen molar-refractivity contribution >= 4 is 11.3 Å². The number of nitrogens with two attached hydrogens (primary N) is 1. The van der Waals surface area contributed by atoms with E-state index in [1.165, 1.54) is 11.1 Å². The van der Waals surface area contributed by atoms with Crippen LogP contribution in [0.3, 0.4) is 0 Å². The molecule has 1 atom stereocenters. The van der Waals surface area contributed by atoms with Crippen molar-refractivity contribution in [1.29, 1.82) is 0 Å². The summed E-state index contributed by atoms with van der Waals surface area (Å²) in [6.07, 6.45) is 2.06. The summed E-state index contributed by atoms with van der Waals surface area (Å²) < 4.78 is 0. The summed E-state index contributed by atoms with van der Waals surface area (Å²) in [5, 5.41) is 3.15. The highest BCUT2D eigenvalue weighted by molar-refractivity contribution is 7.10.